The van der Waals surface area contributed by atoms with Crippen molar-refractivity contribution in [3.8, 4) is 5.75 Å². The molecule has 27 heavy (non-hydrogen) atoms. The molecule has 2 aromatic rings. The van der Waals surface area contributed by atoms with Crippen molar-refractivity contribution in [2.24, 2.45) is 5.73 Å². The van der Waals surface area contributed by atoms with Crippen molar-refractivity contribution in [2.75, 3.05) is 11.4 Å². The summed E-state index contributed by atoms with van der Waals surface area (Å²) in [5.74, 6) is -1.28. The van der Waals surface area contributed by atoms with E-state index < -0.39 is 24.1 Å². The van der Waals surface area contributed by atoms with Crippen LogP contribution in [-0.4, -0.2) is 18.8 Å². The fourth-order valence-corrected chi connectivity index (χ4v) is 3.61. The molecule has 1 aliphatic carbocycles. The largest absolute Gasteiger partial charge is 0.573 e. The van der Waals surface area contributed by atoms with Gasteiger partial charge in [-0.15, -0.1) is 13.2 Å². The molecule has 1 aliphatic heterocycles. The molecule has 1 amide bonds. The molecule has 1 atom stereocenters. The molecule has 1 spiro atoms. The Balaban J connectivity index is 1.66. The molecule has 1 saturated carbocycles. The molecule has 1 unspecified atom stereocenters. The van der Waals surface area contributed by atoms with E-state index in [9.17, 15) is 22.4 Å². The molecule has 1 fully saturated rings. The van der Waals surface area contributed by atoms with Gasteiger partial charge in [0.15, 0.2) is 0 Å². The minimum atomic E-state index is -4.82. The molecular formula is C19H16F4N2O2. The van der Waals surface area contributed by atoms with Gasteiger partial charge >= 0.3 is 6.36 Å². The van der Waals surface area contributed by atoms with E-state index in [4.69, 9.17) is 5.73 Å². The lowest BCUT2D eigenvalue weighted by Gasteiger charge is -2.22. The van der Waals surface area contributed by atoms with Crippen molar-refractivity contribution in [2.45, 2.75) is 30.7 Å². The maximum Gasteiger partial charge on any atom is 0.573 e. The van der Waals surface area contributed by atoms with Crippen LogP contribution in [0, 0.1) is 5.82 Å². The van der Waals surface area contributed by atoms with Gasteiger partial charge in [0.1, 0.15) is 17.6 Å². The molecule has 4 nitrogen and oxygen atoms in total. The smallest absolute Gasteiger partial charge is 0.406 e. The van der Waals surface area contributed by atoms with E-state index in [0.717, 1.165) is 18.4 Å². The molecule has 0 radical (unpaired) electrons. The van der Waals surface area contributed by atoms with Gasteiger partial charge in [0, 0.05) is 18.0 Å². The number of hydrogen-bond donors (Lipinski definition) is 1. The van der Waals surface area contributed by atoms with Crippen LogP contribution in [0.25, 0.3) is 0 Å². The molecule has 2 N–H and O–H groups in total. The zero-order valence-corrected chi connectivity index (χ0v) is 14.1. The summed E-state index contributed by atoms with van der Waals surface area (Å²) >= 11 is 0. The molecule has 1 heterocycles. The van der Waals surface area contributed by atoms with E-state index in [1.807, 2.05) is 0 Å². The Hall–Kier alpha value is -2.61. The predicted molar refractivity (Wildman–Crippen MR) is 89.7 cm³/mol. The van der Waals surface area contributed by atoms with Crippen molar-refractivity contribution >= 4 is 11.6 Å². The summed E-state index contributed by atoms with van der Waals surface area (Å²) in [4.78, 5) is 14.4. The summed E-state index contributed by atoms with van der Waals surface area (Å²) in [5.41, 5.74) is 7.48. The topological polar surface area (TPSA) is 55.6 Å². The zero-order chi connectivity index (χ0) is 19.4. The molecule has 142 valence electrons. The lowest BCUT2D eigenvalue weighted by molar-refractivity contribution is -0.274. The van der Waals surface area contributed by atoms with Crippen molar-refractivity contribution in [1.29, 1.82) is 0 Å². The predicted octanol–water partition coefficient (Wildman–Crippen LogP) is 3.80. The number of ether oxygens (including phenoxy) is 1. The normalized spacial score (nSPS) is 18.3. The number of alkyl halides is 3. The van der Waals surface area contributed by atoms with Crippen LogP contribution in [0.15, 0.2) is 42.5 Å². The second kappa shape index (κ2) is 5.95. The van der Waals surface area contributed by atoms with Crippen molar-refractivity contribution in [3.63, 3.8) is 0 Å². The van der Waals surface area contributed by atoms with E-state index in [2.05, 4.69) is 4.74 Å². The van der Waals surface area contributed by atoms with E-state index >= 15 is 0 Å². The third-order valence-electron chi connectivity index (χ3n) is 5.14. The number of halogens is 4. The van der Waals surface area contributed by atoms with Gasteiger partial charge in [0.25, 0.3) is 0 Å². The first-order valence-electron chi connectivity index (χ1n) is 8.41. The number of benzene rings is 2. The van der Waals surface area contributed by atoms with Crippen LogP contribution in [0.3, 0.4) is 0 Å². The Morgan fingerprint density at radius 3 is 2.41 bits per heavy atom. The monoisotopic (exact) mass is 380 g/mol. The van der Waals surface area contributed by atoms with Crippen LogP contribution in [0.2, 0.25) is 0 Å². The summed E-state index contributed by atoms with van der Waals surface area (Å²) in [6.07, 6.45) is -3.10. The van der Waals surface area contributed by atoms with Gasteiger partial charge in [-0.05, 0) is 42.2 Å². The van der Waals surface area contributed by atoms with Crippen molar-refractivity contribution in [3.05, 3.63) is 59.4 Å². The Kier molecular flexibility index (Phi) is 3.92. The van der Waals surface area contributed by atoms with Gasteiger partial charge in [-0.1, -0.05) is 18.2 Å². The molecule has 2 aromatic carbocycles. The molecule has 0 bridgehead atoms. The Labute approximate surface area is 152 Å². The summed E-state index contributed by atoms with van der Waals surface area (Å²) < 4.78 is 54.7. The number of carbonyl (C=O) groups is 1. The third-order valence-corrected chi connectivity index (χ3v) is 5.14. The molecule has 0 aromatic heterocycles. The minimum absolute atomic E-state index is 0.218. The first-order chi connectivity index (χ1) is 12.7. The highest BCUT2D eigenvalue weighted by Crippen LogP contribution is 2.57. The molecule has 2 aliphatic rings. The van der Waals surface area contributed by atoms with Gasteiger partial charge < -0.3 is 15.4 Å². The summed E-state index contributed by atoms with van der Waals surface area (Å²) in [5, 5.41) is 0. The average molecular weight is 380 g/mol. The van der Waals surface area contributed by atoms with Crippen molar-refractivity contribution in [1.82, 2.24) is 0 Å². The summed E-state index contributed by atoms with van der Waals surface area (Å²) in [7, 11) is 0. The van der Waals surface area contributed by atoms with Gasteiger partial charge in [-0.2, -0.15) is 0 Å². The maximum atomic E-state index is 13.1. The number of anilines is 1. The first kappa shape index (κ1) is 17.8. The van der Waals surface area contributed by atoms with E-state index in [-0.39, 0.29) is 11.2 Å². The number of fused-ring (bicyclic) bond motifs is 2. The Morgan fingerprint density at radius 1 is 1.15 bits per heavy atom. The van der Waals surface area contributed by atoms with Crippen LogP contribution >= 0.6 is 0 Å². The maximum absolute atomic E-state index is 13.1. The molecule has 0 saturated heterocycles. The van der Waals surface area contributed by atoms with Crippen LogP contribution in [0.1, 0.15) is 30.0 Å². The number of hydrogen-bond acceptors (Lipinski definition) is 3. The van der Waals surface area contributed by atoms with Crippen LogP contribution in [-0.2, 0) is 10.2 Å². The minimum Gasteiger partial charge on any atom is -0.406 e. The molecule has 4 rings (SSSR count). The number of nitrogens with zero attached hydrogens (tertiary/aromatic N) is 1. The van der Waals surface area contributed by atoms with E-state index in [1.165, 1.54) is 41.3 Å². The number of rotatable bonds is 3. The highest BCUT2D eigenvalue weighted by molar-refractivity contribution is 6.00. The SMILES string of the molecule is NC(C(=O)N1CC2(CC2)c2ccc(OC(F)(F)F)cc21)c1ccc(F)cc1. The third kappa shape index (κ3) is 3.25. The fraction of sp³-hybridized carbons (Fsp3) is 0.316. The second-order valence-electron chi connectivity index (χ2n) is 6.96. The van der Waals surface area contributed by atoms with E-state index in [0.29, 0.717) is 17.8 Å². The van der Waals surface area contributed by atoms with Gasteiger partial charge in [0.2, 0.25) is 5.91 Å². The van der Waals surface area contributed by atoms with Crippen LogP contribution < -0.4 is 15.4 Å². The first-order valence-corrected chi connectivity index (χ1v) is 8.41. The Morgan fingerprint density at radius 2 is 1.81 bits per heavy atom. The molecular weight excluding hydrogens is 364 g/mol. The fourth-order valence-electron chi connectivity index (χ4n) is 3.61. The number of amides is 1. The lowest BCUT2D eigenvalue weighted by Crippen LogP contribution is -2.39. The number of carbonyl (C=O) groups excluding carboxylic acids is 1. The summed E-state index contributed by atoms with van der Waals surface area (Å²) in [6.45, 7) is 0.367. The summed E-state index contributed by atoms with van der Waals surface area (Å²) in [6, 6.07) is 8.29. The molecule has 8 heteroatoms. The highest BCUT2D eigenvalue weighted by atomic mass is 19.4. The standard InChI is InChI=1S/C19H16F4N2O2/c20-12-3-1-11(2-4-12)16(24)17(26)25-10-18(7-8-18)14-6-5-13(9-15(14)25)27-19(21,22)23/h1-6,9,16H,7-8,10,24H2. The van der Waals surface area contributed by atoms with E-state index in [1.54, 1.807) is 6.07 Å². The van der Waals surface area contributed by atoms with Crippen LogP contribution in [0.5, 0.6) is 5.75 Å². The van der Waals surface area contributed by atoms with Gasteiger partial charge in [0.05, 0.1) is 5.69 Å². The van der Waals surface area contributed by atoms with Gasteiger partial charge in [-0.3, -0.25) is 4.79 Å². The lowest BCUT2D eigenvalue weighted by atomic mass is 9.99. The highest BCUT2D eigenvalue weighted by Gasteiger charge is 2.53. The number of nitrogens with two attached hydrogens (primary N) is 1. The quantitative estimate of drug-likeness (QED) is 0.824. The zero-order valence-electron chi connectivity index (χ0n) is 14.1. The Bertz CT molecular complexity index is 892. The van der Waals surface area contributed by atoms with Crippen molar-refractivity contribution < 1.29 is 27.1 Å². The average Bonchev–Trinajstić information content (AvgIpc) is 3.31. The van der Waals surface area contributed by atoms with Gasteiger partial charge in [-0.25, -0.2) is 4.39 Å². The van der Waals surface area contributed by atoms with Crippen LogP contribution in [0.4, 0.5) is 23.2 Å². The second-order valence-corrected chi connectivity index (χ2v) is 6.96.